The van der Waals surface area contributed by atoms with Crippen molar-refractivity contribution in [2.45, 2.75) is 32.4 Å². The Balaban J connectivity index is 2.00. The minimum absolute atomic E-state index is 0.194. The molecule has 2 N–H and O–H groups in total. The van der Waals surface area contributed by atoms with Gasteiger partial charge in [0.2, 0.25) is 0 Å². The first kappa shape index (κ1) is 12.8. The monoisotopic (exact) mass is 246 g/mol. The van der Waals surface area contributed by atoms with Crippen molar-refractivity contribution in [3.63, 3.8) is 0 Å². The molecule has 2 aromatic rings. The SMILES string of the molecule is CCC(N)Cc1ccn(Cc2ccc(F)cc2)c1. The van der Waals surface area contributed by atoms with E-state index in [0.29, 0.717) is 0 Å². The Labute approximate surface area is 107 Å². The zero-order chi connectivity index (χ0) is 13.0. The second-order valence-corrected chi connectivity index (χ2v) is 4.69. The van der Waals surface area contributed by atoms with Gasteiger partial charge in [-0.25, -0.2) is 4.39 Å². The highest BCUT2D eigenvalue weighted by Gasteiger charge is 2.03. The van der Waals surface area contributed by atoms with Crippen LogP contribution in [0.25, 0.3) is 0 Å². The van der Waals surface area contributed by atoms with E-state index in [9.17, 15) is 4.39 Å². The molecular weight excluding hydrogens is 227 g/mol. The molecule has 1 aromatic heterocycles. The van der Waals surface area contributed by atoms with E-state index < -0.39 is 0 Å². The van der Waals surface area contributed by atoms with E-state index in [1.54, 1.807) is 0 Å². The minimum Gasteiger partial charge on any atom is -0.350 e. The zero-order valence-corrected chi connectivity index (χ0v) is 10.6. The average Bonchev–Trinajstić information content (AvgIpc) is 2.79. The molecule has 2 rings (SSSR count). The summed E-state index contributed by atoms with van der Waals surface area (Å²) < 4.78 is 14.9. The van der Waals surface area contributed by atoms with Gasteiger partial charge in [0.1, 0.15) is 5.82 Å². The Bertz CT molecular complexity index is 487. The summed E-state index contributed by atoms with van der Waals surface area (Å²) in [6.07, 6.45) is 6.05. The highest BCUT2D eigenvalue weighted by Crippen LogP contribution is 2.09. The number of benzene rings is 1. The summed E-state index contributed by atoms with van der Waals surface area (Å²) in [6.45, 7) is 2.86. The summed E-state index contributed by atoms with van der Waals surface area (Å²) in [5.41, 5.74) is 8.28. The lowest BCUT2D eigenvalue weighted by Gasteiger charge is -2.06. The van der Waals surface area contributed by atoms with Gasteiger partial charge in [0, 0.05) is 25.0 Å². The van der Waals surface area contributed by atoms with Gasteiger partial charge in [-0.2, -0.15) is 0 Å². The van der Waals surface area contributed by atoms with Crippen LogP contribution < -0.4 is 5.73 Å². The van der Waals surface area contributed by atoms with E-state index in [0.717, 1.165) is 24.9 Å². The minimum atomic E-state index is -0.194. The molecule has 0 radical (unpaired) electrons. The molecule has 0 aliphatic rings. The Morgan fingerprint density at radius 1 is 1.17 bits per heavy atom. The van der Waals surface area contributed by atoms with Crippen LogP contribution in [0.3, 0.4) is 0 Å². The van der Waals surface area contributed by atoms with E-state index in [1.165, 1.54) is 17.7 Å². The highest BCUT2D eigenvalue weighted by atomic mass is 19.1. The first-order chi connectivity index (χ1) is 8.67. The van der Waals surface area contributed by atoms with Crippen LogP contribution >= 0.6 is 0 Å². The molecule has 0 saturated heterocycles. The van der Waals surface area contributed by atoms with Crippen LogP contribution in [0.4, 0.5) is 4.39 Å². The Kier molecular flexibility index (Phi) is 4.15. The van der Waals surface area contributed by atoms with Crippen LogP contribution in [-0.2, 0) is 13.0 Å². The largest absolute Gasteiger partial charge is 0.350 e. The second-order valence-electron chi connectivity index (χ2n) is 4.69. The van der Waals surface area contributed by atoms with Crippen molar-refractivity contribution in [3.8, 4) is 0 Å². The number of aromatic nitrogens is 1. The summed E-state index contributed by atoms with van der Waals surface area (Å²) in [6, 6.07) is 8.93. The molecule has 3 heteroatoms. The number of hydrogen-bond acceptors (Lipinski definition) is 1. The summed E-state index contributed by atoms with van der Waals surface area (Å²) in [5.74, 6) is -0.194. The van der Waals surface area contributed by atoms with Gasteiger partial charge in [-0.3, -0.25) is 0 Å². The molecule has 1 aromatic carbocycles. The van der Waals surface area contributed by atoms with Crippen molar-refractivity contribution in [1.82, 2.24) is 4.57 Å². The van der Waals surface area contributed by atoms with Gasteiger partial charge in [-0.05, 0) is 42.2 Å². The van der Waals surface area contributed by atoms with Crippen LogP contribution in [0.5, 0.6) is 0 Å². The van der Waals surface area contributed by atoms with Crippen molar-refractivity contribution in [3.05, 3.63) is 59.7 Å². The van der Waals surface area contributed by atoms with E-state index in [2.05, 4.69) is 23.8 Å². The third-order valence-electron chi connectivity index (χ3n) is 3.11. The van der Waals surface area contributed by atoms with Gasteiger partial charge >= 0.3 is 0 Å². The van der Waals surface area contributed by atoms with E-state index in [-0.39, 0.29) is 11.9 Å². The van der Waals surface area contributed by atoms with Crippen LogP contribution in [0.15, 0.2) is 42.7 Å². The van der Waals surface area contributed by atoms with Gasteiger partial charge in [-0.15, -0.1) is 0 Å². The number of nitrogens with two attached hydrogens (primary N) is 1. The van der Waals surface area contributed by atoms with Gasteiger partial charge in [0.05, 0.1) is 0 Å². The third-order valence-corrected chi connectivity index (χ3v) is 3.11. The molecule has 0 spiro atoms. The lowest BCUT2D eigenvalue weighted by atomic mass is 10.1. The first-order valence-corrected chi connectivity index (χ1v) is 6.32. The zero-order valence-electron chi connectivity index (χ0n) is 10.6. The van der Waals surface area contributed by atoms with Crippen LogP contribution in [0, 0.1) is 5.82 Å². The molecule has 1 heterocycles. The van der Waals surface area contributed by atoms with Crippen LogP contribution in [0.1, 0.15) is 24.5 Å². The Morgan fingerprint density at radius 3 is 2.56 bits per heavy atom. The molecule has 0 aliphatic carbocycles. The molecule has 96 valence electrons. The van der Waals surface area contributed by atoms with Crippen molar-refractivity contribution in [1.29, 1.82) is 0 Å². The van der Waals surface area contributed by atoms with Crippen molar-refractivity contribution in [2.75, 3.05) is 0 Å². The summed E-state index contributed by atoms with van der Waals surface area (Å²) >= 11 is 0. The maximum atomic E-state index is 12.8. The van der Waals surface area contributed by atoms with Crippen molar-refractivity contribution >= 4 is 0 Å². The first-order valence-electron chi connectivity index (χ1n) is 6.32. The molecule has 1 atom stereocenters. The van der Waals surface area contributed by atoms with E-state index in [4.69, 9.17) is 5.73 Å². The van der Waals surface area contributed by atoms with Crippen molar-refractivity contribution in [2.24, 2.45) is 5.73 Å². The van der Waals surface area contributed by atoms with Gasteiger partial charge in [0.15, 0.2) is 0 Å². The Hall–Kier alpha value is -1.61. The predicted octanol–water partition coefficient (Wildman–Crippen LogP) is 2.96. The normalized spacial score (nSPS) is 12.6. The summed E-state index contributed by atoms with van der Waals surface area (Å²) in [7, 11) is 0. The molecule has 0 fully saturated rings. The van der Waals surface area contributed by atoms with Crippen LogP contribution in [0.2, 0.25) is 0 Å². The Morgan fingerprint density at radius 2 is 1.89 bits per heavy atom. The molecule has 0 amide bonds. The predicted molar refractivity (Wildman–Crippen MR) is 71.9 cm³/mol. The van der Waals surface area contributed by atoms with E-state index >= 15 is 0 Å². The maximum Gasteiger partial charge on any atom is 0.123 e. The molecule has 0 saturated carbocycles. The lowest BCUT2D eigenvalue weighted by molar-refractivity contribution is 0.626. The fourth-order valence-corrected chi connectivity index (χ4v) is 1.96. The quantitative estimate of drug-likeness (QED) is 0.864. The summed E-state index contributed by atoms with van der Waals surface area (Å²) in [4.78, 5) is 0. The molecule has 1 unspecified atom stereocenters. The highest BCUT2D eigenvalue weighted by molar-refractivity contribution is 5.18. The lowest BCUT2D eigenvalue weighted by Crippen LogP contribution is -2.21. The number of rotatable bonds is 5. The second kappa shape index (κ2) is 5.83. The van der Waals surface area contributed by atoms with Crippen molar-refractivity contribution < 1.29 is 4.39 Å². The number of hydrogen-bond donors (Lipinski definition) is 1. The van der Waals surface area contributed by atoms with Gasteiger partial charge in [-0.1, -0.05) is 19.1 Å². The topological polar surface area (TPSA) is 30.9 Å². The maximum absolute atomic E-state index is 12.8. The molecule has 2 nitrogen and oxygen atoms in total. The summed E-state index contributed by atoms with van der Waals surface area (Å²) in [5, 5.41) is 0. The number of halogens is 1. The molecular formula is C15H19FN2. The van der Waals surface area contributed by atoms with Gasteiger partial charge in [0.25, 0.3) is 0 Å². The molecule has 0 bridgehead atoms. The number of nitrogens with zero attached hydrogens (tertiary/aromatic N) is 1. The average molecular weight is 246 g/mol. The molecule has 0 aliphatic heterocycles. The third kappa shape index (κ3) is 3.44. The van der Waals surface area contributed by atoms with Gasteiger partial charge < -0.3 is 10.3 Å². The fourth-order valence-electron chi connectivity index (χ4n) is 1.96. The van der Waals surface area contributed by atoms with E-state index in [1.807, 2.05) is 18.3 Å². The standard InChI is InChI=1S/C15H19FN2/c1-2-15(17)9-13-7-8-18(11-13)10-12-3-5-14(16)6-4-12/h3-8,11,15H,2,9-10,17H2,1H3. The molecule has 18 heavy (non-hydrogen) atoms. The fraction of sp³-hybridized carbons (Fsp3) is 0.333. The van der Waals surface area contributed by atoms with Crippen LogP contribution in [-0.4, -0.2) is 10.6 Å². The smallest absolute Gasteiger partial charge is 0.123 e.